The van der Waals surface area contributed by atoms with Gasteiger partial charge in [0.25, 0.3) is 11.7 Å². The second-order valence-electron chi connectivity index (χ2n) is 3.77. The molecule has 0 unspecified atom stereocenters. The number of amides is 1. The van der Waals surface area contributed by atoms with Gasteiger partial charge in [0.1, 0.15) is 5.82 Å². The van der Waals surface area contributed by atoms with Gasteiger partial charge in [0, 0.05) is 9.13 Å². The predicted molar refractivity (Wildman–Crippen MR) is 78.5 cm³/mol. The second kappa shape index (κ2) is 5.92. The highest BCUT2D eigenvalue weighted by Crippen LogP contribution is 2.19. The van der Waals surface area contributed by atoms with Crippen LogP contribution in [0.15, 0.2) is 48.5 Å². The quantitative estimate of drug-likeness (QED) is 0.513. The number of carbonyl (C=O) groups excluding carboxylic acids is 2. The van der Waals surface area contributed by atoms with E-state index in [1.165, 1.54) is 18.2 Å². The maximum atomic E-state index is 12.9. The summed E-state index contributed by atoms with van der Waals surface area (Å²) in [5, 5.41) is 2.47. The first kappa shape index (κ1) is 13.7. The van der Waals surface area contributed by atoms with E-state index < -0.39 is 17.5 Å². The summed E-state index contributed by atoms with van der Waals surface area (Å²) < 4.78 is 13.5. The topological polar surface area (TPSA) is 46.2 Å². The zero-order chi connectivity index (χ0) is 13.8. The lowest BCUT2D eigenvalue weighted by Gasteiger charge is -2.06. The lowest BCUT2D eigenvalue weighted by molar-refractivity contribution is -0.112. The SMILES string of the molecule is O=C(Nc1ccc(F)cc1I)C(=O)c1ccccc1. The Balaban J connectivity index is 2.15. The molecule has 0 atom stereocenters. The molecule has 0 fully saturated rings. The minimum absolute atomic E-state index is 0.317. The molecule has 1 amide bonds. The van der Waals surface area contributed by atoms with Crippen LogP contribution >= 0.6 is 22.6 Å². The van der Waals surface area contributed by atoms with Crippen LogP contribution in [0.3, 0.4) is 0 Å². The fourth-order valence-corrected chi connectivity index (χ4v) is 2.10. The number of hydrogen-bond acceptors (Lipinski definition) is 2. The van der Waals surface area contributed by atoms with Crippen molar-refractivity contribution in [2.45, 2.75) is 0 Å². The van der Waals surface area contributed by atoms with E-state index in [-0.39, 0.29) is 0 Å². The number of nitrogens with one attached hydrogen (secondary N) is 1. The molecule has 0 heterocycles. The Hall–Kier alpha value is -1.76. The van der Waals surface area contributed by atoms with Crippen LogP contribution in [0, 0.1) is 9.39 Å². The van der Waals surface area contributed by atoms with Gasteiger partial charge in [0.05, 0.1) is 5.69 Å². The molecule has 0 aromatic heterocycles. The summed E-state index contributed by atoms with van der Waals surface area (Å²) in [6.07, 6.45) is 0. The van der Waals surface area contributed by atoms with Gasteiger partial charge < -0.3 is 5.32 Å². The van der Waals surface area contributed by atoms with Crippen molar-refractivity contribution in [2.24, 2.45) is 0 Å². The van der Waals surface area contributed by atoms with Crippen LogP contribution < -0.4 is 5.32 Å². The highest BCUT2D eigenvalue weighted by Gasteiger charge is 2.16. The molecule has 96 valence electrons. The van der Waals surface area contributed by atoms with Crippen LogP contribution in [-0.2, 0) is 4.79 Å². The minimum Gasteiger partial charge on any atom is -0.318 e. The Morgan fingerprint density at radius 1 is 1.05 bits per heavy atom. The number of anilines is 1. The number of hydrogen-bond donors (Lipinski definition) is 1. The predicted octanol–water partition coefficient (Wildman–Crippen LogP) is 3.25. The van der Waals surface area contributed by atoms with Crippen molar-refractivity contribution in [3.05, 3.63) is 63.5 Å². The molecule has 19 heavy (non-hydrogen) atoms. The lowest BCUT2D eigenvalue weighted by Crippen LogP contribution is -2.23. The molecule has 0 aliphatic heterocycles. The van der Waals surface area contributed by atoms with Crippen molar-refractivity contribution < 1.29 is 14.0 Å². The summed E-state index contributed by atoms with van der Waals surface area (Å²) in [6.45, 7) is 0. The van der Waals surface area contributed by atoms with E-state index in [0.29, 0.717) is 14.8 Å². The van der Waals surface area contributed by atoms with Crippen molar-refractivity contribution in [1.82, 2.24) is 0 Å². The molecule has 1 N–H and O–H groups in total. The first-order chi connectivity index (χ1) is 9.08. The van der Waals surface area contributed by atoms with Crippen LogP contribution in [-0.4, -0.2) is 11.7 Å². The Bertz CT molecular complexity index is 629. The summed E-state index contributed by atoms with van der Waals surface area (Å²) in [7, 11) is 0. The van der Waals surface area contributed by atoms with Gasteiger partial charge >= 0.3 is 0 Å². The molecule has 5 heteroatoms. The van der Waals surface area contributed by atoms with Gasteiger partial charge in [-0.3, -0.25) is 9.59 Å². The Morgan fingerprint density at radius 2 is 1.74 bits per heavy atom. The van der Waals surface area contributed by atoms with Crippen molar-refractivity contribution >= 4 is 40.0 Å². The zero-order valence-corrected chi connectivity index (χ0v) is 11.8. The average Bonchev–Trinajstić information content (AvgIpc) is 2.42. The van der Waals surface area contributed by atoms with E-state index in [2.05, 4.69) is 5.32 Å². The van der Waals surface area contributed by atoms with Crippen molar-refractivity contribution in [2.75, 3.05) is 5.32 Å². The third-order valence-electron chi connectivity index (χ3n) is 2.42. The Labute approximate surface area is 123 Å². The average molecular weight is 369 g/mol. The van der Waals surface area contributed by atoms with Gasteiger partial charge in [-0.15, -0.1) is 0 Å². The first-order valence-electron chi connectivity index (χ1n) is 5.43. The first-order valence-corrected chi connectivity index (χ1v) is 6.51. The molecule has 0 aliphatic carbocycles. The molecular weight excluding hydrogens is 360 g/mol. The van der Waals surface area contributed by atoms with E-state index in [1.807, 2.05) is 22.6 Å². The molecule has 2 aromatic rings. The molecule has 2 rings (SSSR count). The van der Waals surface area contributed by atoms with Gasteiger partial charge in [-0.05, 0) is 40.8 Å². The van der Waals surface area contributed by atoms with Crippen LogP contribution in [0.1, 0.15) is 10.4 Å². The van der Waals surface area contributed by atoms with Gasteiger partial charge in [-0.1, -0.05) is 30.3 Å². The van der Waals surface area contributed by atoms with Crippen molar-refractivity contribution in [3.63, 3.8) is 0 Å². The van der Waals surface area contributed by atoms with Gasteiger partial charge in [0.2, 0.25) is 0 Å². The monoisotopic (exact) mass is 369 g/mol. The van der Waals surface area contributed by atoms with E-state index in [9.17, 15) is 14.0 Å². The summed E-state index contributed by atoms with van der Waals surface area (Å²) in [5.41, 5.74) is 0.730. The molecule has 3 nitrogen and oxygen atoms in total. The molecular formula is C14H9FINO2. The number of Topliss-reactive ketones (excluding diaryl/α,β-unsaturated/α-hetero) is 1. The summed E-state index contributed by atoms with van der Waals surface area (Å²) in [6, 6.07) is 12.2. The zero-order valence-electron chi connectivity index (χ0n) is 9.69. The van der Waals surface area contributed by atoms with Gasteiger partial charge in [-0.25, -0.2) is 4.39 Å². The van der Waals surface area contributed by atoms with Crippen LogP contribution in [0.5, 0.6) is 0 Å². The fraction of sp³-hybridized carbons (Fsp3) is 0. The number of rotatable bonds is 3. The minimum atomic E-state index is -0.740. The van der Waals surface area contributed by atoms with Crippen molar-refractivity contribution in [3.8, 4) is 0 Å². The standard InChI is InChI=1S/C14H9FINO2/c15-10-6-7-12(11(16)8-10)17-14(19)13(18)9-4-2-1-3-5-9/h1-8H,(H,17,19). The van der Waals surface area contributed by atoms with Crippen molar-refractivity contribution in [1.29, 1.82) is 0 Å². The molecule has 0 aliphatic rings. The van der Waals surface area contributed by atoms with Gasteiger partial charge in [-0.2, -0.15) is 0 Å². The summed E-state index contributed by atoms with van der Waals surface area (Å²) in [4.78, 5) is 23.6. The third kappa shape index (κ3) is 3.37. The Kier molecular flexibility index (Phi) is 4.26. The summed E-state index contributed by atoms with van der Waals surface area (Å²) >= 11 is 1.89. The number of carbonyl (C=O) groups is 2. The highest BCUT2D eigenvalue weighted by atomic mass is 127. The second-order valence-corrected chi connectivity index (χ2v) is 4.94. The molecule has 0 saturated carbocycles. The number of benzene rings is 2. The van der Waals surface area contributed by atoms with E-state index in [1.54, 1.807) is 30.3 Å². The van der Waals surface area contributed by atoms with Gasteiger partial charge in [0.15, 0.2) is 0 Å². The normalized spacial score (nSPS) is 10.0. The smallest absolute Gasteiger partial charge is 0.296 e. The highest BCUT2D eigenvalue weighted by molar-refractivity contribution is 14.1. The molecule has 0 saturated heterocycles. The lowest BCUT2D eigenvalue weighted by atomic mass is 10.1. The molecule has 0 bridgehead atoms. The van der Waals surface area contributed by atoms with E-state index in [0.717, 1.165) is 0 Å². The van der Waals surface area contributed by atoms with Crippen LogP contribution in [0.4, 0.5) is 10.1 Å². The van der Waals surface area contributed by atoms with Crippen LogP contribution in [0.2, 0.25) is 0 Å². The molecule has 2 aromatic carbocycles. The molecule has 0 spiro atoms. The summed E-state index contributed by atoms with van der Waals surface area (Å²) in [5.74, 6) is -1.76. The number of halogens is 2. The maximum absolute atomic E-state index is 12.9. The number of ketones is 1. The van der Waals surface area contributed by atoms with E-state index in [4.69, 9.17) is 0 Å². The third-order valence-corrected chi connectivity index (χ3v) is 3.31. The maximum Gasteiger partial charge on any atom is 0.296 e. The fourth-order valence-electron chi connectivity index (χ4n) is 1.49. The van der Waals surface area contributed by atoms with E-state index >= 15 is 0 Å². The largest absolute Gasteiger partial charge is 0.318 e. The molecule has 0 radical (unpaired) electrons. The Morgan fingerprint density at radius 3 is 2.37 bits per heavy atom. The van der Waals surface area contributed by atoms with Crippen LogP contribution in [0.25, 0.3) is 0 Å².